The maximum Gasteiger partial charge on any atom is 0.0546 e. The van der Waals surface area contributed by atoms with Crippen LogP contribution < -0.4 is 9.80 Å². The summed E-state index contributed by atoms with van der Waals surface area (Å²) in [5, 5.41) is 7.56. The minimum Gasteiger partial charge on any atom is -0.310 e. The van der Waals surface area contributed by atoms with Gasteiger partial charge in [0.1, 0.15) is 0 Å². The van der Waals surface area contributed by atoms with Gasteiger partial charge in [-0.2, -0.15) is 0 Å². The van der Waals surface area contributed by atoms with Crippen LogP contribution in [0.4, 0.5) is 34.1 Å². The maximum absolute atomic E-state index is 2.55. The SMILES string of the molecule is CC1(C)c2ccccc2-c2ccc(-c3cc(N(c4ccccc4)c4ccc(C5CCCC5)cc4)c4ccc5c(-c6ccc7c(c6)C(C)(C)c6ccccc6-7)cc(N(c6ccccc6)c6ccc(C7CCCC7)cc6)c6ccc3c4c56)cc21. The molecule has 16 rings (SSSR count). The van der Waals surface area contributed by atoms with Crippen molar-refractivity contribution in [3.8, 4) is 44.5 Å². The molecule has 0 aromatic heterocycles. The third-order valence-electron chi connectivity index (χ3n) is 20.1. The normalized spacial score (nSPS) is 16.0. The van der Waals surface area contributed by atoms with E-state index in [1.54, 1.807) is 0 Å². The summed E-state index contributed by atoms with van der Waals surface area (Å²) in [5.41, 5.74) is 25.4. The third-order valence-corrected chi connectivity index (χ3v) is 20.1. The third kappa shape index (κ3) is 7.60. The molecule has 82 heavy (non-hydrogen) atoms. The summed E-state index contributed by atoms with van der Waals surface area (Å²) in [6.45, 7) is 9.63. The summed E-state index contributed by atoms with van der Waals surface area (Å²) >= 11 is 0. The Kier molecular flexibility index (Phi) is 11.3. The van der Waals surface area contributed by atoms with Crippen molar-refractivity contribution in [1.29, 1.82) is 0 Å². The zero-order valence-corrected chi connectivity index (χ0v) is 47.6. The highest BCUT2D eigenvalue weighted by Gasteiger charge is 2.38. The van der Waals surface area contributed by atoms with Gasteiger partial charge in [-0.1, -0.05) is 211 Å². The van der Waals surface area contributed by atoms with Crippen molar-refractivity contribution in [3.63, 3.8) is 0 Å². The van der Waals surface area contributed by atoms with E-state index in [4.69, 9.17) is 0 Å². The predicted molar refractivity (Wildman–Crippen MR) is 348 cm³/mol. The highest BCUT2D eigenvalue weighted by atomic mass is 15.1. The standard InChI is InChI=1S/C80H68N2/c1-79(2)71-29-17-15-27-61(71)63-41-35-55(47-73(63)79)69-49-75(81(57-23-7-5-8-24-57)59-37-31-53(32-38-59)51-19-11-12-20-51)67-46-44-66-70(56-36-42-64-62-28-16-18-30-72(62)80(3,4)74(64)48-56)50-76(68-45-43-65(69)77(67)78(66)68)82(58-25-9-6-10-26-58)60-39-33-54(34-40-60)52-21-13-14-22-52/h5-10,15-18,23-52H,11-14,19-22H2,1-4H3. The van der Waals surface area contributed by atoms with E-state index in [-0.39, 0.29) is 10.8 Å². The highest BCUT2D eigenvalue weighted by molar-refractivity contribution is 6.32. The lowest BCUT2D eigenvalue weighted by atomic mass is 9.80. The summed E-state index contributed by atoms with van der Waals surface area (Å²) in [6.07, 6.45) is 10.4. The molecule has 0 bridgehead atoms. The van der Waals surface area contributed by atoms with Gasteiger partial charge >= 0.3 is 0 Å². The predicted octanol–water partition coefficient (Wildman–Crippen LogP) is 22.8. The van der Waals surface area contributed by atoms with Crippen molar-refractivity contribution < 1.29 is 0 Å². The molecule has 398 valence electrons. The van der Waals surface area contributed by atoms with E-state index in [0.717, 1.165) is 11.4 Å². The monoisotopic (exact) mass is 1060 g/mol. The first kappa shape index (κ1) is 49.1. The summed E-state index contributed by atoms with van der Waals surface area (Å²) in [4.78, 5) is 5.09. The summed E-state index contributed by atoms with van der Waals surface area (Å²) < 4.78 is 0. The van der Waals surface area contributed by atoms with Gasteiger partial charge in [0.05, 0.1) is 11.4 Å². The van der Waals surface area contributed by atoms with Crippen LogP contribution in [-0.4, -0.2) is 0 Å². The molecule has 0 saturated heterocycles. The second-order valence-corrected chi connectivity index (χ2v) is 25.3. The molecule has 2 saturated carbocycles. The number of nitrogens with zero attached hydrogens (tertiary/aromatic N) is 2. The molecule has 4 aliphatic rings. The number of benzene rings is 12. The van der Waals surface area contributed by atoms with Crippen LogP contribution in [0.3, 0.4) is 0 Å². The molecule has 12 aromatic rings. The van der Waals surface area contributed by atoms with Gasteiger partial charge in [-0.05, 0) is 199 Å². The quantitative estimate of drug-likeness (QED) is 0.126. The summed E-state index contributed by atoms with van der Waals surface area (Å²) in [7, 11) is 0. The van der Waals surface area contributed by atoms with Gasteiger partial charge in [0.15, 0.2) is 0 Å². The van der Waals surface area contributed by atoms with Crippen LogP contribution in [0.5, 0.6) is 0 Å². The highest BCUT2D eigenvalue weighted by Crippen LogP contribution is 2.56. The van der Waals surface area contributed by atoms with Crippen molar-refractivity contribution >= 4 is 66.4 Å². The second-order valence-electron chi connectivity index (χ2n) is 25.3. The lowest BCUT2D eigenvalue weighted by Crippen LogP contribution is -2.15. The van der Waals surface area contributed by atoms with Crippen molar-refractivity contribution in [1.82, 2.24) is 0 Å². The first-order valence-corrected chi connectivity index (χ1v) is 30.4. The van der Waals surface area contributed by atoms with E-state index >= 15 is 0 Å². The van der Waals surface area contributed by atoms with Crippen molar-refractivity contribution in [2.24, 2.45) is 0 Å². The molecule has 2 nitrogen and oxygen atoms in total. The second kappa shape index (κ2) is 18.9. The Morgan fingerprint density at radius 1 is 0.293 bits per heavy atom. The van der Waals surface area contributed by atoms with Gasteiger partial charge in [0, 0.05) is 55.1 Å². The van der Waals surface area contributed by atoms with Crippen LogP contribution in [0.25, 0.3) is 76.8 Å². The number of rotatable bonds is 10. The fraction of sp³-hybridized carbons (Fsp3) is 0.200. The molecule has 0 atom stereocenters. The number of hydrogen-bond acceptors (Lipinski definition) is 2. The molecule has 0 heterocycles. The van der Waals surface area contributed by atoms with E-state index < -0.39 is 0 Å². The van der Waals surface area contributed by atoms with Gasteiger partial charge in [-0.3, -0.25) is 0 Å². The van der Waals surface area contributed by atoms with E-state index in [2.05, 4.69) is 268 Å². The minimum atomic E-state index is -0.155. The molecule has 2 heteroatoms. The largest absolute Gasteiger partial charge is 0.310 e. The van der Waals surface area contributed by atoms with Crippen LogP contribution in [0, 0.1) is 0 Å². The minimum absolute atomic E-state index is 0.155. The average Bonchev–Trinajstić information content (AvgIpc) is 1.97. The average molecular weight is 1060 g/mol. The first-order chi connectivity index (χ1) is 40.2. The Morgan fingerprint density at radius 2 is 0.634 bits per heavy atom. The lowest BCUT2D eigenvalue weighted by molar-refractivity contribution is 0.660. The zero-order valence-electron chi connectivity index (χ0n) is 47.6. The smallest absolute Gasteiger partial charge is 0.0546 e. The van der Waals surface area contributed by atoms with E-state index in [1.165, 1.54) is 184 Å². The zero-order chi connectivity index (χ0) is 54.8. The molecule has 4 aliphatic carbocycles. The van der Waals surface area contributed by atoms with Gasteiger partial charge in [-0.15, -0.1) is 0 Å². The molecule has 2 fully saturated rings. The Morgan fingerprint density at radius 3 is 1.04 bits per heavy atom. The number of fused-ring (bicyclic) bond motifs is 6. The van der Waals surface area contributed by atoms with Crippen molar-refractivity contribution in [2.45, 2.75) is 102 Å². The van der Waals surface area contributed by atoms with E-state index in [9.17, 15) is 0 Å². The first-order valence-electron chi connectivity index (χ1n) is 30.4. The van der Waals surface area contributed by atoms with Gasteiger partial charge in [-0.25, -0.2) is 0 Å². The maximum atomic E-state index is 2.55. The molecule has 12 aromatic carbocycles. The lowest BCUT2D eigenvalue weighted by Gasteiger charge is -2.31. The molecule has 0 aliphatic heterocycles. The Labute approximate surface area is 483 Å². The Hall–Kier alpha value is -8.72. The molecular weight excluding hydrogens is 989 g/mol. The van der Waals surface area contributed by atoms with E-state index in [0.29, 0.717) is 11.8 Å². The van der Waals surface area contributed by atoms with E-state index in [1.807, 2.05) is 0 Å². The van der Waals surface area contributed by atoms with Gasteiger partial charge in [0.25, 0.3) is 0 Å². The van der Waals surface area contributed by atoms with Crippen LogP contribution >= 0.6 is 0 Å². The fourth-order valence-electron chi connectivity index (χ4n) is 15.9. The molecular formula is C80H68N2. The molecule has 0 N–H and O–H groups in total. The number of para-hydroxylation sites is 2. The molecule has 0 radical (unpaired) electrons. The van der Waals surface area contributed by atoms with Gasteiger partial charge in [0.2, 0.25) is 0 Å². The fourth-order valence-corrected chi connectivity index (χ4v) is 15.9. The molecule has 0 spiro atoms. The number of hydrogen-bond donors (Lipinski definition) is 0. The van der Waals surface area contributed by atoms with Crippen molar-refractivity contribution in [2.75, 3.05) is 9.80 Å². The molecule has 0 amide bonds. The summed E-state index contributed by atoms with van der Waals surface area (Å²) in [6, 6.07) is 89.2. The van der Waals surface area contributed by atoms with Crippen LogP contribution in [-0.2, 0) is 10.8 Å². The van der Waals surface area contributed by atoms with Crippen LogP contribution in [0.2, 0.25) is 0 Å². The van der Waals surface area contributed by atoms with Gasteiger partial charge < -0.3 is 9.80 Å². The summed E-state index contributed by atoms with van der Waals surface area (Å²) in [5.74, 6) is 1.26. The Bertz CT molecular complexity index is 4150. The van der Waals surface area contributed by atoms with Crippen molar-refractivity contribution in [3.05, 3.63) is 264 Å². The number of anilines is 6. The topological polar surface area (TPSA) is 6.48 Å². The van der Waals surface area contributed by atoms with Crippen LogP contribution in [0.1, 0.15) is 124 Å². The molecule has 0 unspecified atom stereocenters. The Balaban J connectivity index is 1.01. The van der Waals surface area contributed by atoms with Crippen LogP contribution in [0.15, 0.2) is 231 Å².